The van der Waals surface area contributed by atoms with Gasteiger partial charge in [-0.1, -0.05) is 32.9 Å². The fraction of sp³-hybridized carbons (Fsp3) is 0.562. The standard InChI is InChI=1S/C16H27N3O4S/c1-16(2,3)14(11-20)19-15(21)18-13-8-6-5-7-12(13)17-9-10-24(4,22)23/h5-8,14,17,20H,9-11H2,1-4H3,(H2,18,19,21)/t14-/m1/s1. The van der Waals surface area contributed by atoms with Gasteiger partial charge in [-0.15, -0.1) is 0 Å². The Morgan fingerprint density at radius 2 is 1.79 bits per heavy atom. The quantitative estimate of drug-likeness (QED) is 0.594. The summed E-state index contributed by atoms with van der Waals surface area (Å²) >= 11 is 0. The Kier molecular flexibility index (Phi) is 7.04. The van der Waals surface area contributed by atoms with Crippen LogP contribution in [0.5, 0.6) is 0 Å². The number of rotatable bonds is 7. The van der Waals surface area contributed by atoms with E-state index in [0.717, 1.165) is 0 Å². The number of aliphatic hydroxyl groups is 1. The van der Waals surface area contributed by atoms with Crippen LogP contribution in [-0.2, 0) is 9.84 Å². The highest BCUT2D eigenvalue weighted by Crippen LogP contribution is 2.22. The van der Waals surface area contributed by atoms with E-state index in [-0.39, 0.29) is 30.4 Å². The number of nitrogens with one attached hydrogen (secondary N) is 3. The number of para-hydroxylation sites is 2. The highest BCUT2D eigenvalue weighted by atomic mass is 32.2. The van der Waals surface area contributed by atoms with Crippen LogP contribution in [0.2, 0.25) is 0 Å². The second kappa shape index (κ2) is 8.34. The minimum atomic E-state index is -3.06. The molecule has 24 heavy (non-hydrogen) atoms. The summed E-state index contributed by atoms with van der Waals surface area (Å²) in [6.45, 7) is 5.87. The maximum absolute atomic E-state index is 12.2. The van der Waals surface area contributed by atoms with Gasteiger partial charge in [-0.25, -0.2) is 13.2 Å². The van der Waals surface area contributed by atoms with Gasteiger partial charge in [0.05, 0.1) is 29.8 Å². The Morgan fingerprint density at radius 1 is 1.21 bits per heavy atom. The maximum Gasteiger partial charge on any atom is 0.319 e. The Bertz CT molecular complexity index is 654. The van der Waals surface area contributed by atoms with Crippen molar-refractivity contribution in [1.29, 1.82) is 0 Å². The molecule has 0 aromatic heterocycles. The SMILES string of the molecule is CC(C)(C)[C@@H](CO)NC(=O)Nc1ccccc1NCCS(C)(=O)=O. The van der Waals surface area contributed by atoms with E-state index < -0.39 is 15.9 Å². The lowest BCUT2D eigenvalue weighted by atomic mass is 9.87. The van der Waals surface area contributed by atoms with E-state index in [1.165, 1.54) is 6.26 Å². The predicted octanol–water partition coefficient (Wildman–Crippen LogP) is 1.67. The molecule has 0 heterocycles. The number of amides is 2. The van der Waals surface area contributed by atoms with Crippen molar-refractivity contribution in [2.45, 2.75) is 26.8 Å². The van der Waals surface area contributed by atoms with Gasteiger partial charge in [-0.05, 0) is 17.5 Å². The lowest BCUT2D eigenvalue weighted by Gasteiger charge is -2.29. The van der Waals surface area contributed by atoms with Gasteiger partial charge in [0, 0.05) is 12.8 Å². The van der Waals surface area contributed by atoms with E-state index in [4.69, 9.17) is 0 Å². The molecule has 0 saturated heterocycles. The Balaban J connectivity index is 2.72. The van der Waals surface area contributed by atoms with E-state index in [0.29, 0.717) is 11.4 Å². The van der Waals surface area contributed by atoms with Crippen molar-refractivity contribution < 1.29 is 18.3 Å². The predicted molar refractivity (Wildman–Crippen MR) is 97.1 cm³/mol. The fourth-order valence-corrected chi connectivity index (χ4v) is 2.44. The summed E-state index contributed by atoms with van der Waals surface area (Å²) in [5, 5.41) is 17.9. The summed E-state index contributed by atoms with van der Waals surface area (Å²) in [4.78, 5) is 12.2. The van der Waals surface area contributed by atoms with Crippen LogP contribution in [0.1, 0.15) is 20.8 Å². The van der Waals surface area contributed by atoms with Crippen LogP contribution in [0.3, 0.4) is 0 Å². The van der Waals surface area contributed by atoms with Gasteiger partial charge in [0.1, 0.15) is 9.84 Å². The molecule has 0 aliphatic carbocycles. The Hall–Kier alpha value is -1.80. The minimum Gasteiger partial charge on any atom is -0.394 e. The number of carbonyl (C=O) groups excluding carboxylic acids is 1. The molecule has 0 saturated carbocycles. The summed E-state index contributed by atoms with van der Waals surface area (Å²) in [7, 11) is -3.06. The van der Waals surface area contributed by atoms with Gasteiger partial charge < -0.3 is 21.1 Å². The van der Waals surface area contributed by atoms with Crippen LogP contribution in [0.25, 0.3) is 0 Å². The van der Waals surface area contributed by atoms with Gasteiger partial charge in [0.25, 0.3) is 0 Å². The lowest BCUT2D eigenvalue weighted by Crippen LogP contribution is -2.47. The van der Waals surface area contributed by atoms with Crippen molar-refractivity contribution in [2.75, 3.05) is 35.8 Å². The molecule has 8 heteroatoms. The van der Waals surface area contributed by atoms with E-state index in [9.17, 15) is 18.3 Å². The Labute approximate surface area is 143 Å². The molecule has 0 aliphatic rings. The van der Waals surface area contributed by atoms with Crippen LogP contribution < -0.4 is 16.0 Å². The van der Waals surface area contributed by atoms with Crippen LogP contribution in [0.4, 0.5) is 16.2 Å². The normalized spacial score (nSPS) is 13.2. The molecule has 0 fully saturated rings. The zero-order valence-electron chi connectivity index (χ0n) is 14.6. The molecule has 1 atom stereocenters. The first-order valence-corrected chi connectivity index (χ1v) is 9.78. The fourth-order valence-electron chi connectivity index (χ4n) is 1.97. The van der Waals surface area contributed by atoms with Crippen molar-refractivity contribution >= 4 is 27.2 Å². The van der Waals surface area contributed by atoms with E-state index in [2.05, 4.69) is 16.0 Å². The molecule has 2 amide bonds. The molecule has 1 rings (SSSR count). The van der Waals surface area contributed by atoms with Gasteiger partial charge in [-0.3, -0.25) is 0 Å². The summed E-state index contributed by atoms with van der Waals surface area (Å²) in [6.07, 6.45) is 1.17. The third-order valence-corrected chi connectivity index (χ3v) is 4.44. The van der Waals surface area contributed by atoms with E-state index in [1.807, 2.05) is 20.8 Å². The van der Waals surface area contributed by atoms with E-state index in [1.54, 1.807) is 24.3 Å². The molecular weight excluding hydrogens is 330 g/mol. The summed E-state index contributed by atoms with van der Waals surface area (Å²) < 4.78 is 22.4. The average Bonchev–Trinajstić information content (AvgIpc) is 2.44. The van der Waals surface area contributed by atoms with Gasteiger partial charge >= 0.3 is 6.03 Å². The summed E-state index contributed by atoms with van der Waals surface area (Å²) in [5.74, 6) is 0.00411. The van der Waals surface area contributed by atoms with Crippen molar-refractivity contribution in [3.05, 3.63) is 24.3 Å². The molecule has 7 nitrogen and oxygen atoms in total. The monoisotopic (exact) mass is 357 g/mol. The number of hydrogen-bond donors (Lipinski definition) is 4. The van der Waals surface area contributed by atoms with Crippen LogP contribution in [-0.4, -0.2) is 50.8 Å². The lowest BCUT2D eigenvalue weighted by molar-refractivity contribution is 0.162. The third-order valence-electron chi connectivity index (χ3n) is 3.50. The molecule has 0 aliphatic heterocycles. The van der Waals surface area contributed by atoms with Crippen LogP contribution in [0, 0.1) is 5.41 Å². The number of carbonyl (C=O) groups is 1. The Morgan fingerprint density at radius 3 is 2.29 bits per heavy atom. The van der Waals surface area contributed by atoms with E-state index >= 15 is 0 Å². The molecular formula is C16H27N3O4S. The highest BCUT2D eigenvalue weighted by molar-refractivity contribution is 7.90. The molecule has 1 aromatic carbocycles. The van der Waals surface area contributed by atoms with Crippen molar-refractivity contribution in [3.8, 4) is 0 Å². The molecule has 136 valence electrons. The van der Waals surface area contributed by atoms with Crippen LogP contribution >= 0.6 is 0 Å². The van der Waals surface area contributed by atoms with Crippen molar-refractivity contribution in [2.24, 2.45) is 5.41 Å². The molecule has 0 spiro atoms. The third kappa shape index (κ3) is 7.18. The molecule has 0 bridgehead atoms. The van der Waals surface area contributed by atoms with Crippen molar-refractivity contribution in [3.63, 3.8) is 0 Å². The summed E-state index contributed by atoms with van der Waals surface area (Å²) in [5.41, 5.74) is 0.890. The first-order chi connectivity index (χ1) is 11.0. The number of urea groups is 1. The molecule has 4 N–H and O–H groups in total. The number of benzene rings is 1. The number of anilines is 2. The summed E-state index contributed by atoms with van der Waals surface area (Å²) in [6, 6.07) is 6.21. The van der Waals surface area contributed by atoms with Gasteiger partial charge in [0.2, 0.25) is 0 Å². The van der Waals surface area contributed by atoms with Gasteiger partial charge in [0.15, 0.2) is 0 Å². The first-order valence-electron chi connectivity index (χ1n) is 7.72. The van der Waals surface area contributed by atoms with Crippen LogP contribution in [0.15, 0.2) is 24.3 Å². The maximum atomic E-state index is 12.2. The topological polar surface area (TPSA) is 108 Å². The number of aliphatic hydroxyl groups excluding tert-OH is 1. The highest BCUT2D eigenvalue weighted by Gasteiger charge is 2.25. The zero-order valence-corrected chi connectivity index (χ0v) is 15.4. The zero-order chi connectivity index (χ0) is 18.4. The second-order valence-corrected chi connectivity index (χ2v) is 9.06. The largest absolute Gasteiger partial charge is 0.394 e. The van der Waals surface area contributed by atoms with Crippen molar-refractivity contribution in [1.82, 2.24) is 5.32 Å². The van der Waals surface area contributed by atoms with Gasteiger partial charge in [-0.2, -0.15) is 0 Å². The minimum absolute atomic E-state index is 0.00411. The number of hydrogen-bond acceptors (Lipinski definition) is 5. The second-order valence-electron chi connectivity index (χ2n) is 6.80. The molecule has 1 aromatic rings. The first kappa shape index (κ1) is 20.2. The number of sulfone groups is 1. The smallest absolute Gasteiger partial charge is 0.319 e. The average molecular weight is 357 g/mol. The molecule has 0 unspecified atom stereocenters. The molecule has 0 radical (unpaired) electrons.